The molecule has 0 atom stereocenters. The van der Waals surface area contributed by atoms with Gasteiger partial charge in [0.25, 0.3) is 5.91 Å². The lowest BCUT2D eigenvalue weighted by Crippen LogP contribution is -2.44. The first-order chi connectivity index (χ1) is 13.1. The molecule has 0 bridgehead atoms. The average Bonchev–Trinajstić information content (AvgIpc) is 3.35. The second-order valence-corrected chi connectivity index (χ2v) is 7.21. The van der Waals surface area contributed by atoms with Crippen molar-refractivity contribution in [2.75, 3.05) is 19.9 Å². The maximum atomic E-state index is 12.5. The molecule has 0 radical (unpaired) electrons. The van der Waals surface area contributed by atoms with Crippen LogP contribution in [0.1, 0.15) is 37.7 Å². The predicted octanol–water partition coefficient (Wildman–Crippen LogP) is 1.33. The Morgan fingerprint density at radius 1 is 1.19 bits per heavy atom. The normalized spacial score (nSPS) is 19.6. The third kappa shape index (κ3) is 3.43. The Morgan fingerprint density at radius 3 is 2.78 bits per heavy atom. The summed E-state index contributed by atoms with van der Waals surface area (Å²) in [5, 5.41) is 5.65. The lowest BCUT2D eigenvalue weighted by Gasteiger charge is -2.19. The fourth-order valence-electron chi connectivity index (χ4n) is 3.94. The quantitative estimate of drug-likeness (QED) is 0.734. The van der Waals surface area contributed by atoms with E-state index in [0.717, 1.165) is 29.9 Å². The zero-order valence-corrected chi connectivity index (χ0v) is 15.1. The van der Waals surface area contributed by atoms with Gasteiger partial charge in [-0.05, 0) is 37.0 Å². The minimum absolute atomic E-state index is 0.108. The van der Waals surface area contributed by atoms with Gasteiger partial charge in [-0.2, -0.15) is 0 Å². The predicted molar refractivity (Wildman–Crippen MR) is 95.3 cm³/mol. The Bertz CT molecular complexity index is 773. The highest BCUT2D eigenvalue weighted by atomic mass is 16.7. The Morgan fingerprint density at radius 2 is 1.96 bits per heavy atom. The smallest absolute Gasteiger partial charge is 0.325 e. The standard InChI is InChI=1S/C19H23N3O5/c23-16(20-9-5-13-3-4-14-15(11-13)27-12-26-14)6-10-22-17(24)19(21-18(22)25)7-1-2-8-19/h3-4,11H,1-2,5-10,12H2,(H,20,23)(H,21,25). The van der Waals surface area contributed by atoms with Crippen LogP contribution in [0.4, 0.5) is 4.79 Å². The number of imide groups is 1. The third-order valence-electron chi connectivity index (χ3n) is 5.44. The molecular weight excluding hydrogens is 350 g/mol. The number of hydrogen-bond donors (Lipinski definition) is 2. The summed E-state index contributed by atoms with van der Waals surface area (Å²) in [7, 11) is 0. The molecule has 2 aliphatic heterocycles. The van der Waals surface area contributed by atoms with E-state index in [0.29, 0.717) is 25.8 Å². The summed E-state index contributed by atoms with van der Waals surface area (Å²) in [5.74, 6) is 1.09. The Balaban J connectivity index is 1.22. The number of carbonyl (C=O) groups is 3. The highest BCUT2D eigenvalue weighted by Gasteiger charge is 2.52. The fraction of sp³-hybridized carbons (Fsp3) is 0.526. The van der Waals surface area contributed by atoms with Crippen molar-refractivity contribution >= 4 is 17.8 Å². The summed E-state index contributed by atoms with van der Waals surface area (Å²) in [5.41, 5.74) is 0.323. The molecule has 2 N–H and O–H groups in total. The summed E-state index contributed by atoms with van der Waals surface area (Å²) in [6.07, 6.45) is 4.04. The SMILES string of the molecule is O=C(CCN1C(=O)NC2(CCCC2)C1=O)NCCc1ccc2c(c1)OCO2. The molecule has 2 fully saturated rings. The van der Waals surface area contributed by atoms with Crippen LogP contribution >= 0.6 is 0 Å². The maximum Gasteiger partial charge on any atom is 0.325 e. The second kappa shape index (κ2) is 7.09. The van der Waals surface area contributed by atoms with Crippen molar-refractivity contribution in [2.45, 2.75) is 44.1 Å². The van der Waals surface area contributed by atoms with Crippen molar-refractivity contribution in [3.63, 3.8) is 0 Å². The van der Waals surface area contributed by atoms with Crippen LogP contribution in [0.15, 0.2) is 18.2 Å². The van der Waals surface area contributed by atoms with Crippen molar-refractivity contribution in [3.05, 3.63) is 23.8 Å². The van der Waals surface area contributed by atoms with E-state index >= 15 is 0 Å². The fourth-order valence-corrected chi connectivity index (χ4v) is 3.94. The molecular formula is C19H23N3O5. The highest BCUT2D eigenvalue weighted by molar-refractivity contribution is 6.07. The number of amides is 4. The molecule has 2 heterocycles. The van der Waals surface area contributed by atoms with Crippen molar-refractivity contribution in [1.82, 2.24) is 15.5 Å². The van der Waals surface area contributed by atoms with Crippen molar-refractivity contribution in [3.8, 4) is 11.5 Å². The number of hydrogen-bond acceptors (Lipinski definition) is 5. The third-order valence-corrected chi connectivity index (χ3v) is 5.44. The van der Waals surface area contributed by atoms with Gasteiger partial charge in [-0.1, -0.05) is 18.9 Å². The number of benzene rings is 1. The molecule has 1 spiro atoms. The number of ether oxygens (including phenoxy) is 2. The van der Waals surface area contributed by atoms with E-state index in [1.807, 2.05) is 18.2 Å². The Kier molecular flexibility index (Phi) is 4.63. The van der Waals surface area contributed by atoms with Gasteiger partial charge in [0.2, 0.25) is 12.7 Å². The van der Waals surface area contributed by atoms with E-state index in [1.165, 1.54) is 4.90 Å². The summed E-state index contributed by atoms with van der Waals surface area (Å²) in [4.78, 5) is 37.9. The molecule has 1 aromatic carbocycles. The first kappa shape index (κ1) is 17.6. The van der Waals surface area contributed by atoms with E-state index in [-0.39, 0.29) is 37.6 Å². The zero-order chi connectivity index (χ0) is 18.9. The van der Waals surface area contributed by atoms with E-state index < -0.39 is 5.54 Å². The van der Waals surface area contributed by atoms with Crippen LogP contribution in [-0.2, 0) is 16.0 Å². The topological polar surface area (TPSA) is 97.0 Å². The molecule has 0 aromatic heterocycles. The van der Waals surface area contributed by atoms with Crippen LogP contribution < -0.4 is 20.1 Å². The van der Waals surface area contributed by atoms with Gasteiger partial charge in [-0.15, -0.1) is 0 Å². The van der Waals surface area contributed by atoms with Gasteiger partial charge < -0.3 is 20.1 Å². The van der Waals surface area contributed by atoms with Gasteiger partial charge >= 0.3 is 6.03 Å². The second-order valence-electron chi connectivity index (χ2n) is 7.21. The van der Waals surface area contributed by atoms with Gasteiger partial charge in [0.05, 0.1) is 0 Å². The van der Waals surface area contributed by atoms with Gasteiger partial charge in [0, 0.05) is 19.5 Å². The average molecular weight is 373 g/mol. The van der Waals surface area contributed by atoms with Crippen molar-refractivity contribution in [2.24, 2.45) is 0 Å². The van der Waals surface area contributed by atoms with Gasteiger partial charge in [0.15, 0.2) is 11.5 Å². The Labute approximate surface area is 157 Å². The van der Waals surface area contributed by atoms with Crippen molar-refractivity contribution in [1.29, 1.82) is 0 Å². The molecule has 144 valence electrons. The van der Waals surface area contributed by atoms with E-state index in [4.69, 9.17) is 9.47 Å². The molecule has 1 aromatic rings. The van der Waals surface area contributed by atoms with E-state index in [1.54, 1.807) is 0 Å². The van der Waals surface area contributed by atoms with Crippen LogP contribution in [-0.4, -0.2) is 48.2 Å². The van der Waals surface area contributed by atoms with E-state index in [9.17, 15) is 14.4 Å². The molecule has 4 rings (SSSR count). The van der Waals surface area contributed by atoms with Crippen LogP contribution in [0.3, 0.4) is 0 Å². The molecule has 8 nitrogen and oxygen atoms in total. The number of rotatable bonds is 6. The molecule has 0 unspecified atom stereocenters. The number of urea groups is 1. The molecule has 1 saturated carbocycles. The summed E-state index contributed by atoms with van der Waals surface area (Å²) in [6, 6.07) is 5.32. The molecule has 1 aliphatic carbocycles. The summed E-state index contributed by atoms with van der Waals surface area (Å²) >= 11 is 0. The minimum Gasteiger partial charge on any atom is -0.454 e. The lowest BCUT2D eigenvalue weighted by atomic mass is 9.98. The maximum absolute atomic E-state index is 12.5. The first-order valence-electron chi connectivity index (χ1n) is 9.37. The lowest BCUT2D eigenvalue weighted by molar-refractivity contribution is -0.131. The molecule has 4 amide bonds. The first-order valence-corrected chi connectivity index (χ1v) is 9.37. The Hall–Kier alpha value is -2.77. The van der Waals surface area contributed by atoms with Crippen LogP contribution in [0.5, 0.6) is 11.5 Å². The zero-order valence-electron chi connectivity index (χ0n) is 15.1. The number of nitrogens with one attached hydrogen (secondary N) is 2. The summed E-state index contributed by atoms with van der Waals surface area (Å²) < 4.78 is 10.6. The number of nitrogens with zero attached hydrogens (tertiary/aromatic N) is 1. The number of fused-ring (bicyclic) bond motifs is 1. The molecule has 1 saturated heterocycles. The van der Waals surface area contributed by atoms with E-state index in [2.05, 4.69) is 10.6 Å². The van der Waals surface area contributed by atoms with Crippen LogP contribution in [0.2, 0.25) is 0 Å². The van der Waals surface area contributed by atoms with Gasteiger partial charge in [-0.25, -0.2) is 4.79 Å². The van der Waals surface area contributed by atoms with Crippen LogP contribution in [0, 0.1) is 0 Å². The molecule has 8 heteroatoms. The number of carbonyl (C=O) groups excluding carboxylic acids is 3. The van der Waals surface area contributed by atoms with Crippen molar-refractivity contribution < 1.29 is 23.9 Å². The minimum atomic E-state index is -0.715. The molecule has 27 heavy (non-hydrogen) atoms. The largest absolute Gasteiger partial charge is 0.454 e. The summed E-state index contributed by atoms with van der Waals surface area (Å²) in [6.45, 7) is 0.824. The monoisotopic (exact) mass is 373 g/mol. The highest BCUT2D eigenvalue weighted by Crippen LogP contribution is 2.35. The van der Waals surface area contributed by atoms with Gasteiger partial charge in [0.1, 0.15) is 5.54 Å². The van der Waals surface area contributed by atoms with Gasteiger partial charge in [-0.3, -0.25) is 14.5 Å². The van der Waals surface area contributed by atoms with Crippen LogP contribution in [0.25, 0.3) is 0 Å². The molecule has 3 aliphatic rings.